The number of nitrogens with one attached hydrogen (secondary N) is 1. The molecule has 0 unspecified atom stereocenters. The van der Waals surface area contributed by atoms with Crippen molar-refractivity contribution in [2.75, 3.05) is 12.4 Å². The number of carbonyl (C=O) groups excluding carboxylic acids is 1. The van der Waals surface area contributed by atoms with Gasteiger partial charge in [0, 0.05) is 17.9 Å². The average molecular weight is 461 g/mol. The Labute approximate surface area is 195 Å². The SMILES string of the molecule is COc1ccc([C@H]2CC(=O)Nc3c2cnn3-c2nc3ccccc3s2)cc1OC1CCCC1. The van der Waals surface area contributed by atoms with Crippen molar-refractivity contribution in [3.05, 3.63) is 59.8 Å². The molecule has 4 aromatic rings. The van der Waals surface area contributed by atoms with Gasteiger partial charge in [0.1, 0.15) is 5.82 Å². The van der Waals surface area contributed by atoms with Gasteiger partial charge in [-0.1, -0.05) is 29.5 Å². The van der Waals surface area contributed by atoms with E-state index in [1.54, 1.807) is 23.1 Å². The van der Waals surface area contributed by atoms with Crippen LogP contribution in [-0.4, -0.2) is 33.9 Å². The number of amides is 1. The van der Waals surface area contributed by atoms with Crippen LogP contribution in [0.25, 0.3) is 15.3 Å². The summed E-state index contributed by atoms with van der Waals surface area (Å²) in [5.74, 6) is 1.99. The Hall–Kier alpha value is -3.39. The lowest BCUT2D eigenvalue weighted by molar-refractivity contribution is -0.116. The summed E-state index contributed by atoms with van der Waals surface area (Å²) in [4.78, 5) is 17.4. The second-order valence-corrected chi connectivity index (χ2v) is 9.57. The third kappa shape index (κ3) is 3.64. The highest BCUT2D eigenvalue weighted by molar-refractivity contribution is 7.20. The summed E-state index contributed by atoms with van der Waals surface area (Å²) >= 11 is 1.55. The van der Waals surface area contributed by atoms with Gasteiger partial charge in [-0.2, -0.15) is 9.78 Å². The number of aromatic nitrogens is 3. The van der Waals surface area contributed by atoms with Gasteiger partial charge in [-0.3, -0.25) is 4.79 Å². The molecule has 0 spiro atoms. The molecule has 8 heteroatoms. The van der Waals surface area contributed by atoms with Crippen molar-refractivity contribution in [2.24, 2.45) is 0 Å². The Bertz CT molecular complexity index is 1310. The first-order chi connectivity index (χ1) is 16.2. The lowest BCUT2D eigenvalue weighted by Crippen LogP contribution is -2.24. The summed E-state index contributed by atoms with van der Waals surface area (Å²) in [6, 6.07) is 14.0. The molecule has 0 saturated heterocycles. The number of benzene rings is 2. The first-order valence-electron chi connectivity index (χ1n) is 11.3. The molecule has 33 heavy (non-hydrogen) atoms. The molecule has 0 radical (unpaired) electrons. The van der Waals surface area contributed by atoms with E-state index in [4.69, 9.17) is 14.5 Å². The van der Waals surface area contributed by atoms with E-state index in [1.807, 2.05) is 48.7 Å². The number of nitrogens with zero attached hydrogens (tertiary/aromatic N) is 3. The van der Waals surface area contributed by atoms with Gasteiger partial charge in [0.25, 0.3) is 0 Å². The molecule has 0 bridgehead atoms. The number of methoxy groups -OCH3 is 1. The van der Waals surface area contributed by atoms with Gasteiger partial charge in [-0.15, -0.1) is 0 Å². The van der Waals surface area contributed by atoms with Crippen molar-refractivity contribution in [2.45, 2.75) is 44.1 Å². The zero-order valence-corrected chi connectivity index (χ0v) is 19.1. The van der Waals surface area contributed by atoms with Gasteiger partial charge in [-0.25, -0.2) is 4.98 Å². The van der Waals surface area contributed by atoms with Crippen LogP contribution in [0.5, 0.6) is 11.5 Å². The number of hydrogen-bond acceptors (Lipinski definition) is 6. The Morgan fingerprint density at radius 3 is 2.79 bits per heavy atom. The number of anilines is 1. The van der Waals surface area contributed by atoms with Crippen molar-refractivity contribution in [3.63, 3.8) is 0 Å². The summed E-state index contributed by atoms with van der Waals surface area (Å²) < 4.78 is 14.7. The van der Waals surface area contributed by atoms with E-state index in [-0.39, 0.29) is 17.9 Å². The lowest BCUT2D eigenvalue weighted by atomic mass is 9.87. The normalized spacial score (nSPS) is 18.3. The summed E-state index contributed by atoms with van der Waals surface area (Å²) in [5.41, 5.74) is 2.92. The van der Waals surface area contributed by atoms with Gasteiger partial charge < -0.3 is 14.8 Å². The highest BCUT2D eigenvalue weighted by atomic mass is 32.1. The second kappa shape index (κ2) is 8.19. The van der Waals surface area contributed by atoms with Crippen molar-refractivity contribution in [1.29, 1.82) is 0 Å². The molecular formula is C25H24N4O3S. The van der Waals surface area contributed by atoms with Crippen molar-refractivity contribution in [1.82, 2.24) is 14.8 Å². The van der Waals surface area contributed by atoms with Crippen LogP contribution in [0.15, 0.2) is 48.7 Å². The van der Waals surface area contributed by atoms with Crippen LogP contribution in [-0.2, 0) is 4.79 Å². The van der Waals surface area contributed by atoms with E-state index in [0.29, 0.717) is 12.2 Å². The van der Waals surface area contributed by atoms with Crippen LogP contribution < -0.4 is 14.8 Å². The van der Waals surface area contributed by atoms with Gasteiger partial charge in [0.05, 0.1) is 29.6 Å². The predicted molar refractivity (Wildman–Crippen MR) is 128 cm³/mol. The summed E-state index contributed by atoms with van der Waals surface area (Å²) in [6.45, 7) is 0. The van der Waals surface area contributed by atoms with Crippen LogP contribution >= 0.6 is 11.3 Å². The monoisotopic (exact) mass is 460 g/mol. The molecule has 1 atom stereocenters. The number of hydrogen-bond donors (Lipinski definition) is 1. The molecule has 7 nitrogen and oxygen atoms in total. The van der Waals surface area contributed by atoms with E-state index >= 15 is 0 Å². The minimum atomic E-state index is -0.117. The maximum Gasteiger partial charge on any atom is 0.226 e. The molecule has 2 aliphatic rings. The largest absolute Gasteiger partial charge is 0.493 e. The zero-order chi connectivity index (χ0) is 22.4. The molecule has 1 aliphatic heterocycles. The fraction of sp³-hybridized carbons (Fsp3) is 0.320. The fourth-order valence-corrected chi connectivity index (χ4v) is 5.73. The van der Waals surface area contributed by atoms with E-state index in [2.05, 4.69) is 10.4 Å². The Kier molecular flexibility index (Phi) is 5.02. The topological polar surface area (TPSA) is 78.3 Å². The quantitative estimate of drug-likeness (QED) is 0.438. The molecule has 1 aliphatic carbocycles. The zero-order valence-electron chi connectivity index (χ0n) is 18.3. The van der Waals surface area contributed by atoms with Crippen LogP contribution in [0.4, 0.5) is 5.82 Å². The average Bonchev–Trinajstić information content (AvgIpc) is 3.57. The molecule has 2 aromatic carbocycles. The smallest absolute Gasteiger partial charge is 0.226 e. The maximum atomic E-state index is 12.7. The van der Waals surface area contributed by atoms with Gasteiger partial charge >= 0.3 is 0 Å². The number of thiazole rings is 1. The van der Waals surface area contributed by atoms with Crippen LogP contribution in [0.1, 0.15) is 49.1 Å². The number of ether oxygens (including phenoxy) is 2. The highest BCUT2D eigenvalue weighted by Gasteiger charge is 2.32. The van der Waals surface area contributed by atoms with Crippen LogP contribution in [0.2, 0.25) is 0 Å². The third-order valence-corrected chi connectivity index (χ3v) is 7.48. The number of carbonyl (C=O) groups is 1. The van der Waals surface area contributed by atoms with E-state index < -0.39 is 0 Å². The first kappa shape index (κ1) is 20.2. The van der Waals surface area contributed by atoms with Crippen LogP contribution in [0, 0.1) is 0 Å². The molecule has 1 saturated carbocycles. The second-order valence-electron chi connectivity index (χ2n) is 8.56. The van der Waals surface area contributed by atoms with Crippen molar-refractivity contribution in [3.8, 4) is 16.6 Å². The van der Waals surface area contributed by atoms with Gasteiger partial charge in [-0.05, 0) is 55.5 Å². The summed E-state index contributed by atoms with van der Waals surface area (Å²) in [7, 11) is 1.66. The lowest BCUT2D eigenvalue weighted by Gasteiger charge is -2.24. The minimum Gasteiger partial charge on any atom is -0.493 e. The molecule has 168 valence electrons. The fourth-order valence-electron chi connectivity index (χ4n) is 4.80. The van der Waals surface area contributed by atoms with Crippen molar-refractivity contribution < 1.29 is 14.3 Å². The number of para-hydroxylation sites is 1. The Balaban J connectivity index is 1.38. The highest BCUT2D eigenvalue weighted by Crippen LogP contribution is 2.42. The molecule has 6 rings (SSSR count). The molecule has 1 amide bonds. The van der Waals surface area contributed by atoms with E-state index in [9.17, 15) is 4.79 Å². The minimum absolute atomic E-state index is 0.0376. The first-order valence-corrected chi connectivity index (χ1v) is 12.1. The van der Waals surface area contributed by atoms with Gasteiger partial charge in [0.15, 0.2) is 11.5 Å². The Morgan fingerprint density at radius 2 is 1.97 bits per heavy atom. The number of rotatable bonds is 5. The Morgan fingerprint density at radius 1 is 1.12 bits per heavy atom. The molecule has 1 N–H and O–H groups in total. The van der Waals surface area contributed by atoms with Gasteiger partial charge in [0.2, 0.25) is 11.0 Å². The van der Waals surface area contributed by atoms with E-state index in [0.717, 1.165) is 50.8 Å². The van der Waals surface area contributed by atoms with Crippen molar-refractivity contribution >= 4 is 33.3 Å². The van der Waals surface area contributed by atoms with E-state index in [1.165, 1.54) is 12.8 Å². The molecule has 2 aromatic heterocycles. The summed E-state index contributed by atoms with van der Waals surface area (Å²) in [6.07, 6.45) is 6.95. The molecule has 3 heterocycles. The summed E-state index contributed by atoms with van der Waals surface area (Å²) in [5, 5.41) is 8.36. The maximum absolute atomic E-state index is 12.7. The number of fused-ring (bicyclic) bond motifs is 2. The standard InChI is InChI=1S/C25H24N4O3S/c1-31-20-11-10-15(12-21(20)32-16-6-2-3-7-16)17-13-23(30)28-24-18(17)14-26-29(24)25-27-19-8-4-5-9-22(19)33-25/h4-5,8-12,14,16-17H,2-3,6-7,13H2,1H3,(H,28,30)/t17-/m1/s1. The molecule has 1 fully saturated rings. The predicted octanol–water partition coefficient (Wildman–Crippen LogP) is 5.29. The third-order valence-electron chi connectivity index (χ3n) is 6.47. The molecular weight excluding hydrogens is 436 g/mol. The van der Waals surface area contributed by atoms with Crippen LogP contribution in [0.3, 0.4) is 0 Å².